The van der Waals surface area contributed by atoms with Crippen LogP contribution < -0.4 is 5.32 Å². The van der Waals surface area contributed by atoms with E-state index in [2.05, 4.69) is 10.4 Å². The molecule has 0 spiro atoms. The van der Waals surface area contributed by atoms with Crippen LogP contribution in [-0.4, -0.2) is 46.1 Å². The monoisotopic (exact) mass is 288 g/mol. The Hall–Kier alpha value is -2.57. The summed E-state index contributed by atoms with van der Waals surface area (Å²) in [5.74, 6) is 0.524. The molecule has 1 N–H and O–H groups in total. The summed E-state index contributed by atoms with van der Waals surface area (Å²) in [7, 11) is 0. The zero-order chi connectivity index (χ0) is 14.7. The van der Waals surface area contributed by atoms with Gasteiger partial charge in [0.15, 0.2) is 5.76 Å². The van der Waals surface area contributed by atoms with Crippen molar-refractivity contribution < 1.29 is 14.0 Å². The van der Waals surface area contributed by atoms with Crippen LogP contribution in [-0.2, 0) is 11.3 Å². The van der Waals surface area contributed by atoms with Crippen LogP contribution in [0, 0.1) is 0 Å². The Bertz CT molecular complexity index is 632. The lowest BCUT2D eigenvalue weighted by molar-refractivity contribution is -0.121. The maximum absolute atomic E-state index is 12.3. The van der Waals surface area contributed by atoms with Gasteiger partial charge in [-0.15, -0.1) is 0 Å². The highest BCUT2D eigenvalue weighted by Gasteiger charge is 2.23. The molecule has 110 valence electrons. The lowest BCUT2D eigenvalue weighted by Gasteiger charge is -2.17. The van der Waals surface area contributed by atoms with Gasteiger partial charge in [-0.2, -0.15) is 5.10 Å². The lowest BCUT2D eigenvalue weighted by atomic mass is 10.3. The molecule has 21 heavy (non-hydrogen) atoms. The standard InChI is InChI=1S/C14H16N4O3/c19-13-10-17(7-1-5-15-13)14(20)12-4-3-11(21-12)9-18-8-2-6-16-18/h2-4,6,8H,1,5,7,9-10H2,(H,15,19). The normalized spacial score (nSPS) is 15.6. The first-order chi connectivity index (χ1) is 10.2. The van der Waals surface area contributed by atoms with Gasteiger partial charge in [0.05, 0.1) is 13.1 Å². The molecule has 0 saturated carbocycles. The second kappa shape index (κ2) is 5.82. The maximum atomic E-state index is 12.3. The Kier molecular flexibility index (Phi) is 3.72. The average Bonchev–Trinajstić information content (AvgIpc) is 3.09. The number of carbonyl (C=O) groups is 2. The van der Waals surface area contributed by atoms with E-state index in [-0.39, 0.29) is 24.1 Å². The number of rotatable bonds is 3. The van der Waals surface area contributed by atoms with Gasteiger partial charge < -0.3 is 14.6 Å². The molecule has 3 rings (SSSR count). The molecule has 2 aromatic heterocycles. The fraction of sp³-hybridized carbons (Fsp3) is 0.357. The Labute approximate surface area is 121 Å². The second-order valence-corrected chi connectivity index (χ2v) is 4.90. The van der Waals surface area contributed by atoms with E-state index in [0.29, 0.717) is 25.4 Å². The van der Waals surface area contributed by atoms with Crippen molar-refractivity contribution in [3.63, 3.8) is 0 Å². The highest BCUT2D eigenvalue weighted by atomic mass is 16.4. The molecule has 0 atom stereocenters. The Morgan fingerprint density at radius 3 is 3.14 bits per heavy atom. The quantitative estimate of drug-likeness (QED) is 0.891. The van der Waals surface area contributed by atoms with Crippen molar-refractivity contribution in [1.29, 1.82) is 0 Å². The van der Waals surface area contributed by atoms with Gasteiger partial charge in [-0.1, -0.05) is 0 Å². The minimum atomic E-state index is -0.251. The lowest BCUT2D eigenvalue weighted by Crippen LogP contribution is -2.37. The van der Waals surface area contributed by atoms with Crippen molar-refractivity contribution in [3.05, 3.63) is 42.1 Å². The number of nitrogens with zero attached hydrogens (tertiary/aromatic N) is 3. The number of carbonyl (C=O) groups excluding carboxylic acids is 2. The summed E-state index contributed by atoms with van der Waals surface area (Å²) in [4.78, 5) is 25.4. The van der Waals surface area contributed by atoms with E-state index in [0.717, 1.165) is 6.42 Å². The molecule has 1 aliphatic rings. The molecule has 1 aliphatic heterocycles. The molecule has 1 fully saturated rings. The molecule has 7 heteroatoms. The molecule has 2 aromatic rings. The topological polar surface area (TPSA) is 80.4 Å². The van der Waals surface area contributed by atoms with Gasteiger partial charge in [-0.05, 0) is 24.6 Å². The van der Waals surface area contributed by atoms with Crippen molar-refractivity contribution in [2.24, 2.45) is 0 Å². The number of nitrogens with one attached hydrogen (secondary N) is 1. The van der Waals surface area contributed by atoms with Crippen LogP contribution in [0.15, 0.2) is 35.0 Å². The van der Waals surface area contributed by atoms with Gasteiger partial charge in [-0.3, -0.25) is 14.3 Å². The minimum absolute atomic E-state index is 0.0774. The van der Waals surface area contributed by atoms with E-state index >= 15 is 0 Å². The van der Waals surface area contributed by atoms with E-state index in [4.69, 9.17) is 4.42 Å². The molecule has 2 amide bonds. The highest BCUT2D eigenvalue weighted by molar-refractivity contribution is 5.94. The molecule has 0 bridgehead atoms. The van der Waals surface area contributed by atoms with Crippen LogP contribution in [0.5, 0.6) is 0 Å². The first kappa shape index (κ1) is 13.4. The molecule has 3 heterocycles. The van der Waals surface area contributed by atoms with E-state index in [1.54, 1.807) is 23.0 Å². The van der Waals surface area contributed by atoms with Crippen LogP contribution in [0.2, 0.25) is 0 Å². The predicted molar refractivity (Wildman–Crippen MR) is 73.6 cm³/mol. The van der Waals surface area contributed by atoms with Crippen LogP contribution in [0.4, 0.5) is 0 Å². The summed E-state index contributed by atoms with van der Waals surface area (Å²) in [5.41, 5.74) is 0. The third kappa shape index (κ3) is 3.13. The van der Waals surface area contributed by atoms with Crippen LogP contribution in [0.1, 0.15) is 22.7 Å². The Morgan fingerprint density at radius 2 is 2.33 bits per heavy atom. The van der Waals surface area contributed by atoms with Crippen molar-refractivity contribution in [1.82, 2.24) is 20.0 Å². The molecular formula is C14H16N4O3. The first-order valence-electron chi connectivity index (χ1n) is 6.84. The number of hydrogen-bond donors (Lipinski definition) is 1. The minimum Gasteiger partial charge on any atom is -0.454 e. The Balaban J connectivity index is 1.70. The number of amides is 2. The molecule has 0 aromatic carbocycles. The summed E-state index contributed by atoms with van der Waals surface area (Å²) in [5, 5.41) is 6.83. The first-order valence-corrected chi connectivity index (χ1v) is 6.84. The van der Waals surface area contributed by atoms with E-state index in [9.17, 15) is 9.59 Å². The number of hydrogen-bond acceptors (Lipinski definition) is 4. The van der Waals surface area contributed by atoms with E-state index < -0.39 is 0 Å². The van der Waals surface area contributed by atoms with Crippen molar-refractivity contribution in [2.45, 2.75) is 13.0 Å². The fourth-order valence-electron chi connectivity index (χ4n) is 2.27. The van der Waals surface area contributed by atoms with Crippen LogP contribution >= 0.6 is 0 Å². The van der Waals surface area contributed by atoms with Crippen molar-refractivity contribution in [3.8, 4) is 0 Å². The van der Waals surface area contributed by atoms with Crippen LogP contribution in [0.3, 0.4) is 0 Å². The summed E-state index contributed by atoms with van der Waals surface area (Å²) < 4.78 is 7.28. The molecule has 0 radical (unpaired) electrons. The fourth-order valence-corrected chi connectivity index (χ4v) is 2.27. The third-order valence-electron chi connectivity index (χ3n) is 3.30. The van der Waals surface area contributed by atoms with Gasteiger partial charge in [0.1, 0.15) is 5.76 Å². The summed E-state index contributed by atoms with van der Waals surface area (Å²) in [6, 6.07) is 5.22. The SMILES string of the molecule is O=C1CN(C(=O)c2ccc(Cn3cccn3)o2)CCCN1. The highest BCUT2D eigenvalue weighted by Crippen LogP contribution is 2.13. The molecule has 0 aliphatic carbocycles. The van der Waals surface area contributed by atoms with Gasteiger partial charge >= 0.3 is 0 Å². The summed E-state index contributed by atoms with van der Waals surface area (Å²) >= 11 is 0. The van der Waals surface area contributed by atoms with E-state index in [1.807, 2.05) is 12.3 Å². The number of furan rings is 1. The maximum Gasteiger partial charge on any atom is 0.290 e. The molecule has 7 nitrogen and oxygen atoms in total. The molecular weight excluding hydrogens is 272 g/mol. The van der Waals surface area contributed by atoms with Gasteiger partial charge in [0.25, 0.3) is 5.91 Å². The van der Waals surface area contributed by atoms with Gasteiger partial charge in [-0.25, -0.2) is 0 Å². The largest absolute Gasteiger partial charge is 0.454 e. The zero-order valence-electron chi connectivity index (χ0n) is 11.5. The number of aromatic nitrogens is 2. The molecule has 1 saturated heterocycles. The summed E-state index contributed by atoms with van der Waals surface area (Å²) in [6.45, 7) is 1.70. The average molecular weight is 288 g/mol. The second-order valence-electron chi connectivity index (χ2n) is 4.90. The third-order valence-corrected chi connectivity index (χ3v) is 3.30. The van der Waals surface area contributed by atoms with Crippen LogP contribution in [0.25, 0.3) is 0 Å². The van der Waals surface area contributed by atoms with E-state index in [1.165, 1.54) is 4.90 Å². The zero-order valence-corrected chi connectivity index (χ0v) is 11.5. The smallest absolute Gasteiger partial charge is 0.290 e. The Morgan fingerprint density at radius 1 is 1.43 bits per heavy atom. The van der Waals surface area contributed by atoms with Gasteiger partial charge in [0, 0.05) is 25.5 Å². The predicted octanol–water partition coefficient (Wildman–Crippen LogP) is 0.487. The van der Waals surface area contributed by atoms with Crippen molar-refractivity contribution in [2.75, 3.05) is 19.6 Å². The molecule has 0 unspecified atom stereocenters. The summed E-state index contributed by atoms with van der Waals surface area (Å²) in [6.07, 6.45) is 4.26. The van der Waals surface area contributed by atoms with Crippen molar-refractivity contribution >= 4 is 11.8 Å². The van der Waals surface area contributed by atoms with Gasteiger partial charge in [0.2, 0.25) is 5.91 Å².